The molecule has 176 valence electrons. The van der Waals surface area contributed by atoms with Crippen molar-refractivity contribution in [3.05, 3.63) is 64.1 Å². The number of benzene rings is 1. The van der Waals surface area contributed by atoms with Crippen molar-refractivity contribution in [2.24, 2.45) is 0 Å². The van der Waals surface area contributed by atoms with Crippen LogP contribution in [0.5, 0.6) is 11.8 Å². The van der Waals surface area contributed by atoms with Crippen LogP contribution in [0.25, 0.3) is 11.3 Å². The SMILES string of the molecule is Cc1cc(-c2cc(NS(=O)(=O)C(C)C)nc(Oc3ccc(F)cc3F)n2)cn(C(C)C)c1=O. The van der Waals surface area contributed by atoms with Gasteiger partial charge in [0.2, 0.25) is 10.0 Å². The summed E-state index contributed by atoms with van der Waals surface area (Å²) in [6, 6.07) is 5.21. The molecule has 2 heterocycles. The van der Waals surface area contributed by atoms with E-state index in [4.69, 9.17) is 4.74 Å². The fourth-order valence-electron chi connectivity index (χ4n) is 2.86. The Balaban J connectivity index is 2.16. The van der Waals surface area contributed by atoms with E-state index in [2.05, 4.69) is 14.7 Å². The first-order valence-corrected chi connectivity index (χ1v) is 11.7. The fourth-order valence-corrected chi connectivity index (χ4v) is 3.49. The van der Waals surface area contributed by atoms with Crippen molar-refractivity contribution in [2.75, 3.05) is 4.72 Å². The Morgan fingerprint density at radius 3 is 2.36 bits per heavy atom. The van der Waals surface area contributed by atoms with Gasteiger partial charge in [0, 0.05) is 35.5 Å². The number of rotatable bonds is 7. The standard InChI is InChI=1S/C22H24F2N4O4S/c1-12(2)28-11-15(8-14(5)21(28)29)18-10-20(27-33(30,31)13(3)4)26-22(25-18)32-19-7-6-16(23)9-17(19)24/h6-13H,1-5H3,(H,25,26,27). The minimum atomic E-state index is -3.76. The molecule has 3 aromatic rings. The van der Waals surface area contributed by atoms with E-state index >= 15 is 0 Å². The highest BCUT2D eigenvalue weighted by atomic mass is 32.2. The topological polar surface area (TPSA) is 103 Å². The highest BCUT2D eigenvalue weighted by Crippen LogP contribution is 2.28. The van der Waals surface area contributed by atoms with Crippen LogP contribution in [0.3, 0.4) is 0 Å². The molecule has 0 amide bonds. The van der Waals surface area contributed by atoms with Crippen molar-refractivity contribution >= 4 is 15.8 Å². The van der Waals surface area contributed by atoms with Gasteiger partial charge in [0.25, 0.3) is 5.56 Å². The van der Waals surface area contributed by atoms with Crippen LogP contribution in [-0.4, -0.2) is 28.2 Å². The number of hydrogen-bond donors (Lipinski definition) is 1. The van der Waals surface area contributed by atoms with E-state index in [1.807, 2.05) is 13.8 Å². The zero-order valence-electron chi connectivity index (χ0n) is 18.8. The van der Waals surface area contributed by atoms with Crippen molar-refractivity contribution in [2.45, 2.75) is 45.9 Å². The van der Waals surface area contributed by atoms with Crippen molar-refractivity contribution in [3.63, 3.8) is 0 Å². The third kappa shape index (κ3) is 5.54. The highest BCUT2D eigenvalue weighted by Gasteiger charge is 2.20. The second-order valence-corrected chi connectivity index (χ2v) is 10.2. The summed E-state index contributed by atoms with van der Waals surface area (Å²) in [6.45, 7) is 8.34. The van der Waals surface area contributed by atoms with E-state index in [-0.39, 0.29) is 34.9 Å². The Bertz CT molecular complexity index is 1350. The van der Waals surface area contributed by atoms with Gasteiger partial charge < -0.3 is 9.30 Å². The maximum atomic E-state index is 14.1. The highest BCUT2D eigenvalue weighted by molar-refractivity contribution is 7.93. The number of nitrogens with one attached hydrogen (secondary N) is 1. The van der Waals surface area contributed by atoms with Gasteiger partial charge in [-0.05, 0) is 52.8 Å². The molecule has 1 aromatic carbocycles. The minimum Gasteiger partial charge on any atom is -0.421 e. The number of aryl methyl sites for hydroxylation is 1. The number of nitrogens with zero attached hydrogens (tertiary/aromatic N) is 3. The molecule has 0 aliphatic rings. The lowest BCUT2D eigenvalue weighted by atomic mass is 10.1. The molecular formula is C22H24F2N4O4S. The molecule has 11 heteroatoms. The van der Waals surface area contributed by atoms with Gasteiger partial charge >= 0.3 is 6.01 Å². The molecule has 0 fully saturated rings. The van der Waals surface area contributed by atoms with Crippen molar-refractivity contribution in [1.82, 2.24) is 14.5 Å². The third-order valence-electron chi connectivity index (χ3n) is 4.74. The van der Waals surface area contributed by atoms with Gasteiger partial charge in [0.1, 0.15) is 11.6 Å². The maximum Gasteiger partial charge on any atom is 0.324 e. The van der Waals surface area contributed by atoms with Crippen molar-refractivity contribution < 1.29 is 21.9 Å². The van der Waals surface area contributed by atoms with E-state index in [0.29, 0.717) is 17.2 Å². The van der Waals surface area contributed by atoms with Crippen LogP contribution in [0.2, 0.25) is 0 Å². The number of sulfonamides is 1. The summed E-state index contributed by atoms with van der Waals surface area (Å²) >= 11 is 0. The molecule has 0 saturated carbocycles. The Labute approximate surface area is 190 Å². The van der Waals surface area contributed by atoms with Crippen molar-refractivity contribution in [3.8, 4) is 23.0 Å². The quantitative estimate of drug-likeness (QED) is 0.539. The zero-order chi connectivity index (χ0) is 24.5. The molecular weight excluding hydrogens is 454 g/mol. The molecule has 0 aliphatic carbocycles. The summed E-state index contributed by atoms with van der Waals surface area (Å²) in [4.78, 5) is 20.7. The van der Waals surface area contributed by atoms with Gasteiger partial charge in [0.05, 0.1) is 10.9 Å². The molecule has 0 saturated heterocycles. The molecule has 0 radical (unpaired) electrons. The Kier molecular flexibility index (Phi) is 6.82. The van der Waals surface area contributed by atoms with Gasteiger partial charge in [-0.25, -0.2) is 17.2 Å². The Morgan fingerprint density at radius 2 is 1.76 bits per heavy atom. The molecule has 0 unspecified atom stereocenters. The molecule has 3 rings (SSSR count). The largest absolute Gasteiger partial charge is 0.421 e. The van der Waals surface area contributed by atoms with Crippen LogP contribution in [0.4, 0.5) is 14.6 Å². The van der Waals surface area contributed by atoms with Gasteiger partial charge in [0.15, 0.2) is 11.6 Å². The summed E-state index contributed by atoms with van der Waals surface area (Å²) in [5.74, 6) is -2.20. The normalized spacial score (nSPS) is 11.8. The number of pyridine rings is 1. The first-order valence-electron chi connectivity index (χ1n) is 10.1. The summed E-state index contributed by atoms with van der Waals surface area (Å²) < 4.78 is 61.4. The number of anilines is 1. The average Bonchev–Trinajstić information content (AvgIpc) is 2.71. The molecule has 0 atom stereocenters. The lowest BCUT2D eigenvalue weighted by Crippen LogP contribution is -2.24. The summed E-state index contributed by atoms with van der Waals surface area (Å²) in [5.41, 5.74) is 1.02. The molecule has 0 aliphatic heterocycles. The lowest BCUT2D eigenvalue weighted by molar-refractivity contribution is 0.409. The summed E-state index contributed by atoms with van der Waals surface area (Å²) in [6.07, 6.45) is 1.59. The Hall–Kier alpha value is -3.34. The Morgan fingerprint density at radius 1 is 1.06 bits per heavy atom. The van der Waals surface area contributed by atoms with Gasteiger partial charge in [-0.15, -0.1) is 0 Å². The molecule has 0 bridgehead atoms. The molecule has 33 heavy (non-hydrogen) atoms. The summed E-state index contributed by atoms with van der Waals surface area (Å²) in [5, 5.41) is -0.750. The van der Waals surface area contributed by atoms with Crippen molar-refractivity contribution in [1.29, 1.82) is 0 Å². The molecule has 2 aromatic heterocycles. The van der Waals surface area contributed by atoms with E-state index in [1.165, 1.54) is 24.5 Å². The van der Waals surface area contributed by atoms with Crippen LogP contribution in [0.15, 0.2) is 41.3 Å². The first kappa shape index (κ1) is 24.3. The monoisotopic (exact) mass is 478 g/mol. The van der Waals surface area contributed by atoms with E-state index in [9.17, 15) is 22.0 Å². The number of hydrogen-bond acceptors (Lipinski definition) is 6. The van der Waals surface area contributed by atoms with Crippen LogP contribution in [-0.2, 0) is 10.0 Å². The molecule has 8 nitrogen and oxygen atoms in total. The number of aromatic nitrogens is 3. The predicted molar refractivity (Wildman–Crippen MR) is 121 cm³/mol. The number of ether oxygens (including phenoxy) is 1. The first-order chi connectivity index (χ1) is 15.4. The van der Waals surface area contributed by atoms with E-state index in [1.54, 1.807) is 19.2 Å². The van der Waals surface area contributed by atoms with E-state index < -0.39 is 26.9 Å². The van der Waals surface area contributed by atoms with E-state index in [0.717, 1.165) is 12.1 Å². The summed E-state index contributed by atoms with van der Waals surface area (Å²) in [7, 11) is -3.76. The number of halogens is 2. The third-order valence-corrected chi connectivity index (χ3v) is 6.48. The second kappa shape index (κ2) is 9.26. The average molecular weight is 479 g/mol. The zero-order valence-corrected chi connectivity index (χ0v) is 19.6. The smallest absolute Gasteiger partial charge is 0.324 e. The van der Waals surface area contributed by atoms with Crippen LogP contribution >= 0.6 is 0 Å². The van der Waals surface area contributed by atoms with Crippen LogP contribution in [0, 0.1) is 18.6 Å². The minimum absolute atomic E-state index is 0.105. The van der Waals surface area contributed by atoms with Gasteiger partial charge in [-0.2, -0.15) is 9.97 Å². The molecule has 1 N–H and O–H groups in total. The maximum absolute atomic E-state index is 14.1. The fraction of sp³-hybridized carbons (Fsp3) is 0.318. The van der Waals surface area contributed by atoms with Crippen LogP contribution < -0.4 is 15.0 Å². The second-order valence-electron chi connectivity index (χ2n) is 8.01. The molecule has 0 spiro atoms. The predicted octanol–water partition coefficient (Wildman–Crippen LogP) is 4.42. The lowest BCUT2D eigenvalue weighted by Gasteiger charge is -2.15. The van der Waals surface area contributed by atoms with Gasteiger partial charge in [-0.1, -0.05) is 0 Å². The van der Waals surface area contributed by atoms with Gasteiger partial charge in [-0.3, -0.25) is 9.52 Å². The van der Waals surface area contributed by atoms with Crippen LogP contribution in [0.1, 0.15) is 39.3 Å².